The van der Waals surface area contributed by atoms with Crippen LogP contribution in [0.25, 0.3) is 0 Å². The van der Waals surface area contributed by atoms with Crippen LogP contribution in [0.1, 0.15) is 19.4 Å². The number of hydrogen-bond donors (Lipinski definition) is 2. The maximum atomic E-state index is 12.4. The Kier molecular flexibility index (Phi) is 3.72. The number of carbonyl (C=O) groups excluding carboxylic acids is 1. The molecular formula is C16H15BrN2O3S. The van der Waals surface area contributed by atoms with Gasteiger partial charge in [0.2, 0.25) is 5.91 Å². The zero-order valence-corrected chi connectivity index (χ0v) is 15.0. The van der Waals surface area contributed by atoms with Crippen molar-refractivity contribution in [3.63, 3.8) is 0 Å². The highest BCUT2D eigenvalue weighted by molar-refractivity contribution is 9.10. The van der Waals surface area contributed by atoms with E-state index in [9.17, 15) is 13.2 Å². The van der Waals surface area contributed by atoms with Crippen molar-refractivity contribution >= 4 is 43.2 Å². The minimum Gasteiger partial charge on any atom is -0.325 e. The Bertz CT molecular complexity index is 890. The van der Waals surface area contributed by atoms with Crippen LogP contribution in [0.2, 0.25) is 0 Å². The molecule has 5 nitrogen and oxygen atoms in total. The van der Waals surface area contributed by atoms with Crippen LogP contribution in [0, 0.1) is 0 Å². The molecule has 120 valence electrons. The van der Waals surface area contributed by atoms with Crippen molar-refractivity contribution in [2.45, 2.75) is 24.2 Å². The van der Waals surface area contributed by atoms with E-state index in [0.717, 1.165) is 10.0 Å². The topological polar surface area (TPSA) is 75.3 Å². The van der Waals surface area contributed by atoms with Crippen molar-refractivity contribution < 1.29 is 13.2 Å². The zero-order valence-electron chi connectivity index (χ0n) is 12.6. The van der Waals surface area contributed by atoms with E-state index in [1.807, 2.05) is 0 Å². The third-order valence-corrected chi connectivity index (χ3v) is 5.81. The molecule has 2 aromatic rings. The maximum Gasteiger partial charge on any atom is 0.261 e. The molecule has 1 aliphatic rings. The third kappa shape index (κ3) is 2.86. The van der Waals surface area contributed by atoms with E-state index in [1.165, 1.54) is 12.1 Å². The molecule has 0 bridgehead atoms. The van der Waals surface area contributed by atoms with Crippen molar-refractivity contribution in [1.29, 1.82) is 0 Å². The smallest absolute Gasteiger partial charge is 0.261 e. The average Bonchev–Trinajstić information content (AvgIpc) is 2.70. The van der Waals surface area contributed by atoms with Crippen LogP contribution in [0.4, 0.5) is 11.4 Å². The summed E-state index contributed by atoms with van der Waals surface area (Å²) in [5.41, 5.74) is 1.23. The van der Waals surface area contributed by atoms with Crippen LogP contribution in [0.5, 0.6) is 0 Å². The predicted molar refractivity (Wildman–Crippen MR) is 93.0 cm³/mol. The second kappa shape index (κ2) is 5.35. The first-order valence-electron chi connectivity index (χ1n) is 6.94. The van der Waals surface area contributed by atoms with Gasteiger partial charge in [0.25, 0.3) is 10.0 Å². The number of amides is 1. The van der Waals surface area contributed by atoms with Crippen molar-refractivity contribution in [1.82, 2.24) is 0 Å². The predicted octanol–water partition coefficient (Wildman–Crippen LogP) is 3.48. The van der Waals surface area contributed by atoms with Crippen LogP contribution in [-0.2, 0) is 20.2 Å². The number of halogens is 1. The Morgan fingerprint density at radius 2 is 1.74 bits per heavy atom. The van der Waals surface area contributed by atoms with Gasteiger partial charge in [-0.15, -0.1) is 0 Å². The number of fused-ring (bicyclic) bond motifs is 1. The second-order valence-electron chi connectivity index (χ2n) is 5.90. The largest absolute Gasteiger partial charge is 0.325 e. The molecule has 0 aliphatic carbocycles. The molecule has 0 unspecified atom stereocenters. The molecule has 0 radical (unpaired) electrons. The summed E-state index contributed by atoms with van der Waals surface area (Å²) in [6.07, 6.45) is 0. The summed E-state index contributed by atoms with van der Waals surface area (Å²) in [6, 6.07) is 11.4. The number of anilines is 2. The normalized spacial score (nSPS) is 15.9. The number of rotatable bonds is 3. The molecule has 0 saturated heterocycles. The van der Waals surface area contributed by atoms with E-state index in [1.54, 1.807) is 44.2 Å². The fourth-order valence-electron chi connectivity index (χ4n) is 2.46. The quantitative estimate of drug-likeness (QED) is 0.836. The lowest BCUT2D eigenvalue weighted by Crippen LogP contribution is -2.26. The molecule has 0 aromatic heterocycles. The highest BCUT2D eigenvalue weighted by Crippen LogP contribution is 2.39. The van der Waals surface area contributed by atoms with Gasteiger partial charge in [0.15, 0.2) is 0 Å². The molecule has 2 aromatic carbocycles. The summed E-state index contributed by atoms with van der Waals surface area (Å²) in [4.78, 5) is 12.1. The minimum absolute atomic E-state index is 0.0968. The molecule has 1 heterocycles. The van der Waals surface area contributed by atoms with Crippen LogP contribution in [0.15, 0.2) is 51.8 Å². The van der Waals surface area contributed by atoms with Crippen LogP contribution in [0.3, 0.4) is 0 Å². The van der Waals surface area contributed by atoms with E-state index >= 15 is 0 Å². The van der Waals surface area contributed by atoms with Gasteiger partial charge in [-0.25, -0.2) is 8.42 Å². The molecule has 1 aliphatic heterocycles. The van der Waals surface area contributed by atoms with E-state index in [0.29, 0.717) is 11.4 Å². The van der Waals surface area contributed by atoms with Crippen LogP contribution >= 0.6 is 15.9 Å². The van der Waals surface area contributed by atoms with Gasteiger partial charge in [-0.3, -0.25) is 9.52 Å². The Hall–Kier alpha value is -1.86. The fraction of sp³-hybridized carbons (Fsp3) is 0.188. The number of carbonyl (C=O) groups is 1. The molecule has 0 saturated carbocycles. The van der Waals surface area contributed by atoms with Gasteiger partial charge < -0.3 is 5.32 Å². The Labute approximate surface area is 143 Å². The molecule has 3 rings (SSSR count). The number of benzene rings is 2. The van der Waals surface area contributed by atoms with Gasteiger partial charge in [0.1, 0.15) is 0 Å². The number of nitrogens with one attached hydrogen (secondary N) is 2. The summed E-state index contributed by atoms with van der Waals surface area (Å²) in [7, 11) is -3.67. The number of sulfonamides is 1. The molecule has 2 N–H and O–H groups in total. The van der Waals surface area contributed by atoms with Gasteiger partial charge in [-0.05, 0) is 61.9 Å². The van der Waals surface area contributed by atoms with Gasteiger partial charge in [-0.1, -0.05) is 15.9 Å². The Morgan fingerprint density at radius 3 is 2.39 bits per heavy atom. The standard InChI is InChI=1S/C16H15BrN2O3S/c1-16(2)13-9-11(5-8-14(13)18-15(16)20)19-23(21,22)12-6-3-10(17)4-7-12/h3-9,19H,1-2H3,(H,18,20). The third-order valence-electron chi connectivity index (χ3n) is 3.88. The summed E-state index contributed by atoms with van der Waals surface area (Å²) in [5, 5.41) is 2.79. The molecule has 0 atom stereocenters. The number of hydrogen-bond acceptors (Lipinski definition) is 3. The summed E-state index contributed by atoms with van der Waals surface area (Å²) in [5.74, 6) is -0.0968. The second-order valence-corrected chi connectivity index (χ2v) is 8.50. The first-order valence-corrected chi connectivity index (χ1v) is 9.22. The first kappa shape index (κ1) is 16.0. The van der Waals surface area contributed by atoms with Gasteiger partial charge in [0, 0.05) is 15.8 Å². The van der Waals surface area contributed by atoms with Gasteiger partial charge in [-0.2, -0.15) is 0 Å². The van der Waals surface area contributed by atoms with E-state index in [2.05, 4.69) is 26.0 Å². The molecular weight excluding hydrogens is 380 g/mol. The molecule has 23 heavy (non-hydrogen) atoms. The lowest BCUT2D eigenvalue weighted by Gasteiger charge is -2.16. The lowest BCUT2D eigenvalue weighted by molar-refractivity contribution is -0.119. The Balaban J connectivity index is 1.94. The fourth-order valence-corrected chi connectivity index (χ4v) is 3.78. The van der Waals surface area contributed by atoms with Crippen molar-refractivity contribution in [2.75, 3.05) is 10.0 Å². The minimum atomic E-state index is -3.67. The van der Waals surface area contributed by atoms with Gasteiger partial charge in [0.05, 0.1) is 10.3 Å². The van der Waals surface area contributed by atoms with Gasteiger partial charge >= 0.3 is 0 Å². The van der Waals surface area contributed by atoms with E-state index < -0.39 is 15.4 Å². The van der Waals surface area contributed by atoms with Crippen LogP contribution in [-0.4, -0.2) is 14.3 Å². The summed E-state index contributed by atoms with van der Waals surface area (Å²) < 4.78 is 28.2. The zero-order chi connectivity index (χ0) is 16.8. The van der Waals surface area contributed by atoms with Crippen LogP contribution < -0.4 is 10.0 Å². The molecule has 7 heteroatoms. The molecule has 1 amide bonds. The van der Waals surface area contributed by atoms with Crippen molar-refractivity contribution in [3.8, 4) is 0 Å². The summed E-state index contributed by atoms with van der Waals surface area (Å²) >= 11 is 3.28. The summed E-state index contributed by atoms with van der Waals surface area (Å²) in [6.45, 7) is 3.61. The Morgan fingerprint density at radius 1 is 1.09 bits per heavy atom. The monoisotopic (exact) mass is 394 g/mol. The van der Waals surface area contributed by atoms with Crippen molar-refractivity contribution in [3.05, 3.63) is 52.5 Å². The van der Waals surface area contributed by atoms with E-state index in [4.69, 9.17) is 0 Å². The van der Waals surface area contributed by atoms with Crippen molar-refractivity contribution in [2.24, 2.45) is 0 Å². The van der Waals surface area contributed by atoms with E-state index in [-0.39, 0.29) is 10.8 Å². The lowest BCUT2D eigenvalue weighted by atomic mass is 9.86. The average molecular weight is 395 g/mol. The molecule has 0 spiro atoms. The highest BCUT2D eigenvalue weighted by atomic mass is 79.9. The highest BCUT2D eigenvalue weighted by Gasteiger charge is 2.38. The maximum absolute atomic E-state index is 12.4. The molecule has 0 fully saturated rings. The first-order chi connectivity index (χ1) is 10.7. The SMILES string of the molecule is CC1(C)C(=O)Nc2ccc(NS(=O)(=O)c3ccc(Br)cc3)cc21.